The van der Waals surface area contributed by atoms with Crippen molar-refractivity contribution in [3.05, 3.63) is 54.1 Å². The van der Waals surface area contributed by atoms with Gasteiger partial charge >= 0.3 is 0 Å². The second-order valence-electron chi connectivity index (χ2n) is 6.43. The molecule has 0 fully saturated rings. The van der Waals surface area contributed by atoms with Crippen LogP contribution in [0.15, 0.2) is 48.5 Å². The van der Waals surface area contributed by atoms with E-state index < -0.39 is 0 Å². The lowest BCUT2D eigenvalue weighted by molar-refractivity contribution is -0.114. The third-order valence-corrected chi connectivity index (χ3v) is 3.62. The molecule has 6 nitrogen and oxygen atoms in total. The SMILES string of the molecule is CCCNC(=O)c1cccc(NCC(=O)Nc2ccc(OC(C)C)cc2)c1. The zero-order chi connectivity index (χ0) is 19.6. The summed E-state index contributed by atoms with van der Waals surface area (Å²) in [6.07, 6.45) is 0.989. The van der Waals surface area contributed by atoms with Crippen molar-refractivity contribution in [1.82, 2.24) is 5.32 Å². The molecule has 2 amide bonds. The molecule has 0 unspecified atom stereocenters. The van der Waals surface area contributed by atoms with Gasteiger partial charge in [-0.15, -0.1) is 0 Å². The number of carbonyl (C=O) groups is 2. The molecule has 144 valence electrons. The van der Waals surface area contributed by atoms with Crippen molar-refractivity contribution in [2.45, 2.75) is 33.3 Å². The second-order valence-corrected chi connectivity index (χ2v) is 6.43. The Morgan fingerprint density at radius 2 is 1.78 bits per heavy atom. The van der Waals surface area contributed by atoms with Gasteiger partial charge in [0.05, 0.1) is 12.6 Å². The third kappa shape index (κ3) is 7.01. The lowest BCUT2D eigenvalue weighted by Gasteiger charge is -2.11. The summed E-state index contributed by atoms with van der Waals surface area (Å²) in [4.78, 5) is 24.1. The van der Waals surface area contributed by atoms with Crippen LogP contribution in [0.4, 0.5) is 11.4 Å². The zero-order valence-corrected chi connectivity index (χ0v) is 16.0. The molecule has 0 bridgehead atoms. The summed E-state index contributed by atoms with van der Waals surface area (Å²) < 4.78 is 5.58. The average Bonchev–Trinajstić information content (AvgIpc) is 2.66. The first-order valence-electron chi connectivity index (χ1n) is 9.16. The highest BCUT2D eigenvalue weighted by molar-refractivity contribution is 5.96. The molecule has 0 saturated carbocycles. The monoisotopic (exact) mass is 369 g/mol. The molecule has 0 radical (unpaired) electrons. The van der Waals surface area contributed by atoms with Gasteiger partial charge in [-0.05, 0) is 62.7 Å². The molecular formula is C21H27N3O3. The maximum atomic E-state index is 12.1. The van der Waals surface area contributed by atoms with Gasteiger partial charge in [0, 0.05) is 23.5 Å². The molecule has 2 aromatic carbocycles. The van der Waals surface area contributed by atoms with Crippen LogP contribution in [0, 0.1) is 0 Å². The van der Waals surface area contributed by atoms with Gasteiger partial charge in [-0.1, -0.05) is 13.0 Å². The van der Waals surface area contributed by atoms with Gasteiger partial charge < -0.3 is 20.7 Å². The van der Waals surface area contributed by atoms with Gasteiger partial charge in [-0.25, -0.2) is 0 Å². The van der Waals surface area contributed by atoms with E-state index in [1.165, 1.54) is 0 Å². The van der Waals surface area contributed by atoms with Crippen LogP contribution in [0.25, 0.3) is 0 Å². The molecule has 2 rings (SSSR count). The van der Waals surface area contributed by atoms with Crippen LogP contribution in [0.1, 0.15) is 37.6 Å². The highest BCUT2D eigenvalue weighted by Gasteiger charge is 2.07. The number of hydrogen-bond acceptors (Lipinski definition) is 4. The third-order valence-electron chi connectivity index (χ3n) is 3.62. The maximum absolute atomic E-state index is 12.1. The van der Waals surface area contributed by atoms with Crippen molar-refractivity contribution in [3.63, 3.8) is 0 Å². The van der Waals surface area contributed by atoms with E-state index in [4.69, 9.17) is 4.74 Å². The first-order chi connectivity index (χ1) is 13.0. The Hall–Kier alpha value is -3.02. The highest BCUT2D eigenvalue weighted by Crippen LogP contribution is 2.17. The lowest BCUT2D eigenvalue weighted by Crippen LogP contribution is -2.24. The van der Waals surface area contributed by atoms with Crippen LogP contribution in [0.3, 0.4) is 0 Å². The van der Waals surface area contributed by atoms with E-state index in [2.05, 4.69) is 16.0 Å². The number of hydrogen-bond donors (Lipinski definition) is 3. The summed E-state index contributed by atoms with van der Waals surface area (Å²) in [5.41, 5.74) is 1.98. The van der Waals surface area contributed by atoms with E-state index in [9.17, 15) is 9.59 Å². The number of rotatable bonds is 9. The van der Waals surface area contributed by atoms with Crippen molar-refractivity contribution in [2.75, 3.05) is 23.7 Å². The topological polar surface area (TPSA) is 79.5 Å². The molecule has 3 N–H and O–H groups in total. The fourth-order valence-corrected chi connectivity index (χ4v) is 2.39. The molecule has 0 aliphatic heterocycles. The van der Waals surface area contributed by atoms with Crippen molar-refractivity contribution >= 4 is 23.2 Å². The van der Waals surface area contributed by atoms with Crippen LogP contribution in [-0.4, -0.2) is 31.0 Å². The fraction of sp³-hybridized carbons (Fsp3) is 0.333. The molecule has 0 aliphatic rings. The lowest BCUT2D eigenvalue weighted by atomic mass is 10.2. The minimum absolute atomic E-state index is 0.101. The molecule has 6 heteroatoms. The Balaban J connectivity index is 1.85. The van der Waals surface area contributed by atoms with Crippen LogP contribution < -0.4 is 20.7 Å². The van der Waals surface area contributed by atoms with E-state index in [0.29, 0.717) is 17.8 Å². The zero-order valence-electron chi connectivity index (χ0n) is 16.0. The Kier molecular flexibility index (Phi) is 7.67. The van der Waals surface area contributed by atoms with E-state index in [1.54, 1.807) is 30.3 Å². The summed E-state index contributed by atoms with van der Waals surface area (Å²) in [6.45, 7) is 6.67. The van der Waals surface area contributed by atoms with Gasteiger partial charge in [-0.3, -0.25) is 9.59 Å². The van der Waals surface area contributed by atoms with E-state index >= 15 is 0 Å². The standard InChI is InChI=1S/C21H27N3O3/c1-4-12-22-21(26)16-6-5-7-18(13-16)23-14-20(25)24-17-8-10-19(11-9-17)27-15(2)3/h5-11,13,15,23H,4,12,14H2,1-3H3,(H,22,26)(H,24,25). The Morgan fingerprint density at radius 1 is 1.04 bits per heavy atom. The maximum Gasteiger partial charge on any atom is 0.251 e. The summed E-state index contributed by atoms with van der Waals surface area (Å²) >= 11 is 0. The number of anilines is 2. The van der Waals surface area contributed by atoms with Crippen LogP contribution in [0.5, 0.6) is 5.75 Å². The molecule has 27 heavy (non-hydrogen) atoms. The number of carbonyl (C=O) groups excluding carboxylic acids is 2. The number of ether oxygens (including phenoxy) is 1. The molecule has 0 spiro atoms. The first-order valence-corrected chi connectivity index (χ1v) is 9.16. The molecule has 2 aromatic rings. The smallest absolute Gasteiger partial charge is 0.251 e. The summed E-state index contributed by atoms with van der Waals surface area (Å²) in [5, 5.41) is 8.69. The molecular weight excluding hydrogens is 342 g/mol. The van der Waals surface area contributed by atoms with Crippen LogP contribution in [0.2, 0.25) is 0 Å². The van der Waals surface area contributed by atoms with Crippen molar-refractivity contribution in [1.29, 1.82) is 0 Å². The Labute approximate surface area is 160 Å². The van der Waals surface area contributed by atoms with E-state index in [-0.39, 0.29) is 24.5 Å². The predicted molar refractivity (Wildman–Crippen MR) is 108 cm³/mol. The molecule has 0 heterocycles. The quantitative estimate of drug-likeness (QED) is 0.630. The second kappa shape index (κ2) is 10.2. The summed E-state index contributed by atoms with van der Waals surface area (Å²) in [6, 6.07) is 14.3. The van der Waals surface area contributed by atoms with Gasteiger partial charge in [0.2, 0.25) is 5.91 Å². The van der Waals surface area contributed by atoms with Gasteiger partial charge in [0.1, 0.15) is 5.75 Å². The fourth-order valence-electron chi connectivity index (χ4n) is 2.39. The van der Waals surface area contributed by atoms with Crippen molar-refractivity contribution < 1.29 is 14.3 Å². The van der Waals surface area contributed by atoms with E-state index in [1.807, 2.05) is 39.0 Å². The number of nitrogens with one attached hydrogen (secondary N) is 3. The van der Waals surface area contributed by atoms with E-state index in [0.717, 1.165) is 17.9 Å². The van der Waals surface area contributed by atoms with Crippen LogP contribution >= 0.6 is 0 Å². The number of amides is 2. The normalized spacial score (nSPS) is 10.4. The highest BCUT2D eigenvalue weighted by atomic mass is 16.5. The molecule has 0 saturated heterocycles. The Morgan fingerprint density at radius 3 is 2.44 bits per heavy atom. The van der Waals surface area contributed by atoms with Crippen molar-refractivity contribution in [2.24, 2.45) is 0 Å². The summed E-state index contributed by atoms with van der Waals surface area (Å²) in [7, 11) is 0. The minimum Gasteiger partial charge on any atom is -0.491 e. The van der Waals surface area contributed by atoms with Crippen molar-refractivity contribution in [3.8, 4) is 5.75 Å². The largest absolute Gasteiger partial charge is 0.491 e. The van der Waals surface area contributed by atoms with Gasteiger partial charge in [0.15, 0.2) is 0 Å². The first kappa shape index (κ1) is 20.3. The van der Waals surface area contributed by atoms with Gasteiger partial charge in [0.25, 0.3) is 5.91 Å². The molecule has 0 atom stereocenters. The molecule has 0 aliphatic carbocycles. The predicted octanol–water partition coefficient (Wildman–Crippen LogP) is 3.66. The Bertz CT molecular complexity index is 758. The summed E-state index contributed by atoms with van der Waals surface area (Å²) in [5.74, 6) is 0.473. The number of benzene rings is 2. The minimum atomic E-state index is -0.173. The average molecular weight is 369 g/mol. The molecule has 0 aromatic heterocycles. The van der Waals surface area contributed by atoms with Crippen LogP contribution in [-0.2, 0) is 4.79 Å². The van der Waals surface area contributed by atoms with Gasteiger partial charge in [-0.2, -0.15) is 0 Å².